The average molecular weight is 316 g/mol. The summed E-state index contributed by atoms with van der Waals surface area (Å²) in [5.74, 6) is 0.323. The van der Waals surface area contributed by atoms with Gasteiger partial charge in [0.15, 0.2) is 0 Å². The summed E-state index contributed by atoms with van der Waals surface area (Å²) in [4.78, 5) is 0.119. The molecule has 120 valence electrons. The Morgan fingerprint density at radius 1 is 1.24 bits per heavy atom. The predicted octanol–water partition coefficient (Wildman–Crippen LogP) is 1.12. The minimum absolute atomic E-state index is 0.119. The van der Waals surface area contributed by atoms with E-state index in [1.165, 1.54) is 14.2 Å². The van der Waals surface area contributed by atoms with Crippen LogP contribution in [0.15, 0.2) is 23.1 Å². The zero-order valence-corrected chi connectivity index (χ0v) is 14.0. The molecule has 0 radical (unpaired) electrons. The van der Waals surface area contributed by atoms with Crippen molar-refractivity contribution in [3.05, 3.63) is 23.8 Å². The highest BCUT2D eigenvalue weighted by atomic mass is 32.2. The number of methoxy groups -OCH3 is 2. The lowest BCUT2D eigenvalue weighted by atomic mass is 10.1. The second-order valence-corrected chi connectivity index (χ2v) is 7.09. The van der Waals surface area contributed by atoms with Crippen LogP contribution in [0.1, 0.15) is 19.4 Å². The monoisotopic (exact) mass is 316 g/mol. The third-order valence-corrected chi connectivity index (χ3v) is 4.55. The molecule has 0 heterocycles. The van der Waals surface area contributed by atoms with E-state index in [-0.39, 0.29) is 11.5 Å². The van der Waals surface area contributed by atoms with E-state index in [9.17, 15) is 8.42 Å². The highest BCUT2D eigenvalue weighted by Crippen LogP contribution is 2.26. The third-order valence-electron chi connectivity index (χ3n) is 2.81. The first-order chi connectivity index (χ1) is 9.75. The van der Waals surface area contributed by atoms with Crippen molar-refractivity contribution in [1.82, 2.24) is 10.0 Å². The van der Waals surface area contributed by atoms with Gasteiger partial charge in [0.1, 0.15) is 10.6 Å². The highest BCUT2D eigenvalue weighted by Gasteiger charge is 2.28. The van der Waals surface area contributed by atoms with Gasteiger partial charge >= 0.3 is 0 Å². The van der Waals surface area contributed by atoms with Gasteiger partial charge in [-0.25, -0.2) is 13.1 Å². The van der Waals surface area contributed by atoms with E-state index in [0.29, 0.717) is 12.3 Å². The molecule has 6 nitrogen and oxygen atoms in total. The Labute approximate surface area is 126 Å². The largest absolute Gasteiger partial charge is 0.495 e. The molecule has 0 bridgehead atoms. The first kappa shape index (κ1) is 17.9. The molecule has 0 aliphatic carbocycles. The van der Waals surface area contributed by atoms with Gasteiger partial charge in [0.2, 0.25) is 10.0 Å². The maximum Gasteiger partial charge on any atom is 0.244 e. The summed E-state index contributed by atoms with van der Waals surface area (Å²) in [5, 5.41) is 3.01. The first-order valence-corrected chi connectivity index (χ1v) is 8.08. The van der Waals surface area contributed by atoms with Gasteiger partial charge in [0, 0.05) is 13.7 Å². The fraction of sp³-hybridized carbons (Fsp3) is 0.571. The van der Waals surface area contributed by atoms with E-state index in [0.717, 1.165) is 5.56 Å². The summed E-state index contributed by atoms with van der Waals surface area (Å²) < 4.78 is 37.9. The van der Waals surface area contributed by atoms with Crippen LogP contribution in [-0.4, -0.2) is 41.8 Å². The Kier molecular flexibility index (Phi) is 6.15. The van der Waals surface area contributed by atoms with Crippen LogP contribution in [0.25, 0.3) is 0 Å². The number of sulfonamides is 1. The van der Waals surface area contributed by atoms with Crippen LogP contribution in [0, 0.1) is 0 Å². The Balaban J connectivity index is 3.13. The van der Waals surface area contributed by atoms with Crippen LogP contribution in [0.5, 0.6) is 5.75 Å². The number of ether oxygens (including phenoxy) is 2. The molecule has 0 aliphatic rings. The maximum absolute atomic E-state index is 12.5. The van der Waals surface area contributed by atoms with Crippen LogP contribution >= 0.6 is 0 Å². The van der Waals surface area contributed by atoms with Crippen LogP contribution in [-0.2, 0) is 21.3 Å². The zero-order chi connectivity index (χ0) is 16.1. The normalized spacial score (nSPS) is 12.4. The van der Waals surface area contributed by atoms with Gasteiger partial charge in [-0.3, -0.25) is 0 Å². The van der Waals surface area contributed by atoms with Gasteiger partial charge < -0.3 is 14.8 Å². The number of nitrogens with one attached hydrogen (secondary N) is 2. The molecule has 0 unspecified atom stereocenters. The molecule has 0 saturated heterocycles. The summed E-state index contributed by atoms with van der Waals surface area (Å²) in [5.41, 5.74) is 0.242. The Morgan fingerprint density at radius 3 is 2.43 bits per heavy atom. The van der Waals surface area contributed by atoms with Gasteiger partial charge in [0.05, 0.1) is 19.3 Å². The van der Waals surface area contributed by atoms with Crippen molar-refractivity contribution in [2.75, 3.05) is 27.9 Å². The lowest BCUT2D eigenvalue weighted by Gasteiger charge is -2.25. The highest BCUT2D eigenvalue weighted by molar-refractivity contribution is 7.89. The van der Waals surface area contributed by atoms with Crippen molar-refractivity contribution in [1.29, 1.82) is 0 Å². The topological polar surface area (TPSA) is 76.7 Å². The summed E-state index contributed by atoms with van der Waals surface area (Å²) in [6, 6.07) is 5.03. The quantitative estimate of drug-likeness (QED) is 0.751. The molecule has 0 aliphatic heterocycles. The van der Waals surface area contributed by atoms with Crippen LogP contribution in [0.2, 0.25) is 0 Å². The molecule has 21 heavy (non-hydrogen) atoms. The van der Waals surface area contributed by atoms with E-state index in [4.69, 9.17) is 9.47 Å². The molecule has 0 aromatic heterocycles. The molecule has 0 atom stereocenters. The molecule has 1 rings (SSSR count). The lowest BCUT2D eigenvalue weighted by Crippen LogP contribution is -2.46. The molecule has 2 N–H and O–H groups in total. The van der Waals surface area contributed by atoms with Crippen molar-refractivity contribution in [3.8, 4) is 5.75 Å². The van der Waals surface area contributed by atoms with Gasteiger partial charge in [-0.2, -0.15) is 0 Å². The molecule has 1 aromatic carbocycles. The number of hydrogen-bond acceptors (Lipinski definition) is 5. The fourth-order valence-electron chi connectivity index (χ4n) is 2.06. The van der Waals surface area contributed by atoms with Gasteiger partial charge in [-0.05, 0) is 38.6 Å². The second-order valence-electron chi connectivity index (χ2n) is 5.44. The first-order valence-electron chi connectivity index (χ1n) is 6.60. The van der Waals surface area contributed by atoms with Crippen LogP contribution < -0.4 is 14.8 Å². The Morgan fingerprint density at radius 2 is 1.90 bits per heavy atom. The lowest BCUT2D eigenvalue weighted by molar-refractivity contribution is 0.141. The predicted molar refractivity (Wildman–Crippen MR) is 82.0 cm³/mol. The maximum atomic E-state index is 12.5. The standard InChI is InChI=1S/C14H24N2O4S/c1-14(2,10-19-4)16-21(17,18)13-7-6-11(9-15-3)8-12(13)20-5/h6-8,15-16H,9-10H2,1-5H3. The summed E-state index contributed by atoms with van der Waals surface area (Å²) in [7, 11) is 1.12. The molecule has 0 saturated carbocycles. The minimum atomic E-state index is -3.69. The molecular formula is C14H24N2O4S. The average Bonchev–Trinajstić information content (AvgIpc) is 2.37. The van der Waals surface area contributed by atoms with E-state index < -0.39 is 15.6 Å². The van der Waals surface area contributed by atoms with Gasteiger partial charge in [0.25, 0.3) is 0 Å². The van der Waals surface area contributed by atoms with Crippen LogP contribution in [0.4, 0.5) is 0 Å². The smallest absolute Gasteiger partial charge is 0.244 e. The number of benzene rings is 1. The summed E-state index contributed by atoms with van der Waals surface area (Å²) >= 11 is 0. The van der Waals surface area contributed by atoms with E-state index in [1.807, 2.05) is 7.05 Å². The Hall–Kier alpha value is -1.15. The summed E-state index contributed by atoms with van der Waals surface area (Å²) in [6.45, 7) is 4.43. The number of rotatable bonds is 8. The fourth-order valence-corrected chi connectivity index (χ4v) is 3.61. The molecule has 0 amide bonds. The van der Waals surface area contributed by atoms with E-state index >= 15 is 0 Å². The van der Waals surface area contributed by atoms with E-state index in [1.54, 1.807) is 32.0 Å². The van der Waals surface area contributed by atoms with Crippen molar-refractivity contribution in [2.45, 2.75) is 30.8 Å². The SMILES string of the molecule is CNCc1ccc(S(=O)(=O)NC(C)(C)COC)c(OC)c1. The molecular weight excluding hydrogens is 292 g/mol. The van der Waals surface area contributed by atoms with Crippen LogP contribution in [0.3, 0.4) is 0 Å². The third kappa shape index (κ3) is 4.96. The zero-order valence-electron chi connectivity index (χ0n) is 13.2. The van der Waals surface area contributed by atoms with Crippen molar-refractivity contribution < 1.29 is 17.9 Å². The molecule has 0 spiro atoms. The van der Waals surface area contributed by atoms with E-state index in [2.05, 4.69) is 10.0 Å². The minimum Gasteiger partial charge on any atom is -0.495 e. The second kappa shape index (κ2) is 7.22. The van der Waals surface area contributed by atoms with Gasteiger partial charge in [-0.1, -0.05) is 6.07 Å². The van der Waals surface area contributed by atoms with Crippen molar-refractivity contribution in [2.24, 2.45) is 0 Å². The van der Waals surface area contributed by atoms with Crippen molar-refractivity contribution >= 4 is 10.0 Å². The number of hydrogen-bond donors (Lipinski definition) is 2. The van der Waals surface area contributed by atoms with Gasteiger partial charge in [-0.15, -0.1) is 0 Å². The summed E-state index contributed by atoms with van der Waals surface area (Å²) in [6.07, 6.45) is 0. The Bertz CT molecular complexity index is 570. The van der Waals surface area contributed by atoms with Crippen molar-refractivity contribution in [3.63, 3.8) is 0 Å². The molecule has 1 aromatic rings. The molecule has 0 fully saturated rings. The molecule has 7 heteroatoms.